The van der Waals surface area contributed by atoms with Gasteiger partial charge in [-0.3, -0.25) is 4.79 Å². The summed E-state index contributed by atoms with van der Waals surface area (Å²) >= 11 is 6.45. The molecule has 2 heterocycles. The van der Waals surface area contributed by atoms with E-state index >= 15 is 0 Å². The van der Waals surface area contributed by atoms with Gasteiger partial charge in [0.25, 0.3) is 5.91 Å². The number of morpholine rings is 1. The van der Waals surface area contributed by atoms with Crippen LogP contribution in [0.3, 0.4) is 0 Å². The average molecular weight is 334 g/mol. The summed E-state index contributed by atoms with van der Waals surface area (Å²) in [7, 11) is 0. The van der Waals surface area contributed by atoms with Crippen LogP contribution in [0.4, 0.5) is 0 Å². The van der Waals surface area contributed by atoms with Crippen LogP contribution in [0, 0.1) is 6.92 Å². The van der Waals surface area contributed by atoms with Gasteiger partial charge in [-0.15, -0.1) is 0 Å². The van der Waals surface area contributed by atoms with Crippen LogP contribution in [0.15, 0.2) is 30.3 Å². The molecule has 1 aliphatic heterocycles. The van der Waals surface area contributed by atoms with Crippen LogP contribution < -0.4 is 0 Å². The number of aromatic nitrogens is 2. The summed E-state index contributed by atoms with van der Waals surface area (Å²) in [5.41, 5.74) is 2.25. The minimum absolute atomic E-state index is 0.0474. The number of carbonyl (C=O) groups is 1. The number of ether oxygens (including phenoxy) is 1. The van der Waals surface area contributed by atoms with Crippen LogP contribution in [0.25, 0.3) is 0 Å². The lowest BCUT2D eigenvalue weighted by molar-refractivity contribution is -0.0124. The largest absolute Gasteiger partial charge is 0.375 e. The van der Waals surface area contributed by atoms with E-state index in [1.165, 1.54) is 0 Å². The minimum Gasteiger partial charge on any atom is -0.375 e. The highest BCUT2D eigenvalue weighted by molar-refractivity contribution is 6.33. The molecule has 0 aliphatic carbocycles. The molecular formula is C17H20ClN3O2. The van der Waals surface area contributed by atoms with Crippen LogP contribution in [-0.2, 0) is 11.3 Å². The Labute approximate surface area is 140 Å². The van der Waals surface area contributed by atoms with E-state index in [0.717, 1.165) is 5.56 Å². The fourth-order valence-corrected chi connectivity index (χ4v) is 3.13. The van der Waals surface area contributed by atoms with E-state index in [1.807, 2.05) is 44.2 Å². The number of carbonyl (C=O) groups excluding carboxylic acids is 1. The fraction of sp³-hybridized carbons (Fsp3) is 0.412. The summed E-state index contributed by atoms with van der Waals surface area (Å²) in [4.78, 5) is 14.6. The number of hydrogen-bond donors (Lipinski definition) is 0. The van der Waals surface area contributed by atoms with Gasteiger partial charge >= 0.3 is 0 Å². The predicted octanol–water partition coefficient (Wildman–Crippen LogP) is 2.75. The van der Waals surface area contributed by atoms with E-state index in [1.54, 1.807) is 9.58 Å². The molecule has 0 unspecified atom stereocenters. The summed E-state index contributed by atoms with van der Waals surface area (Å²) in [6.45, 7) is 6.06. The molecule has 0 N–H and O–H groups in total. The Kier molecular flexibility index (Phi) is 4.68. The SMILES string of the molecule is Cc1nn(Cc2ccccc2)c(Cl)c1C(=O)N1CCO[C@H](C)C1. The van der Waals surface area contributed by atoms with E-state index in [2.05, 4.69) is 5.10 Å². The highest BCUT2D eigenvalue weighted by Gasteiger charge is 2.28. The van der Waals surface area contributed by atoms with Crippen LogP contribution >= 0.6 is 11.6 Å². The van der Waals surface area contributed by atoms with Crippen molar-refractivity contribution in [3.63, 3.8) is 0 Å². The van der Waals surface area contributed by atoms with Crippen molar-refractivity contribution in [3.05, 3.63) is 52.3 Å². The summed E-state index contributed by atoms with van der Waals surface area (Å²) < 4.78 is 7.17. The van der Waals surface area contributed by atoms with Crippen molar-refractivity contribution in [1.29, 1.82) is 0 Å². The van der Waals surface area contributed by atoms with E-state index in [4.69, 9.17) is 16.3 Å². The molecule has 1 atom stereocenters. The first-order valence-corrected chi connectivity index (χ1v) is 8.11. The van der Waals surface area contributed by atoms with Crippen molar-refractivity contribution in [2.75, 3.05) is 19.7 Å². The van der Waals surface area contributed by atoms with E-state index in [-0.39, 0.29) is 12.0 Å². The minimum atomic E-state index is -0.0676. The maximum Gasteiger partial charge on any atom is 0.259 e. The van der Waals surface area contributed by atoms with Crippen molar-refractivity contribution in [3.8, 4) is 0 Å². The average Bonchev–Trinajstić information content (AvgIpc) is 2.82. The molecule has 1 amide bonds. The van der Waals surface area contributed by atoms with Crippen molar-refractivity contribution >= 4 is 17.5 Å². The summed E-state index contributed by atoms with van der Waals surface area (Å²) in [5, 5.41) is 4.84. The van der Waals surface area contributed by atoms with Gasteiger partial charge in [-0.2, -0.15) is 5.10 Å². The topological polar surface area (TPSA) is 47.4 Å². The van der Waals surface area contributed by atoms with Crippen LogP contribution in [0.2, 0.25) is 5.15 Å². The fourth-order valence-electron chi connectivity index (χ4n) is 2.82. The smallest absolute Gasteiger partial charge is 0.259 e. The number of benzene rings is 1. The third kappa shape index (κ3) is 3.41. The molecule has 122 valence electrons. The summed E-state index contributed by atoms with van der Waals surface area (Å²) in [5.74, 6) is -0.0676. The van der Waals surface area contributed by atoms with Crippen LogP contribution in [0.1, 0.15) is 28.5 Å². The highest BCUT2D eigenvalue weighted by Crippen LogP contribution is 2.23. The Morgan fingerprint density at radius 3 is 2.83 bits per heavy atom. The lowest BCUT2D eigenvalue weighted by Crippen LogP contribution is -2.44. The Hall–Kier alpha value is -1.85. The number of halogens is 1. The molecule has 0 saturated carbocycles. The van der Waals surface area contributed by atoms with Crippen molar-refractivity contribution < 1.29 is 9.53 Å². The van der Waals surface area contributed by atoms with Crippen LogP contribution in [-0.4, -0.2) is 46.4 Å². The van der Waals surface area contributed by atoms with Gasteiger partial charge in [-0.1, -0.05) is 41.9 Å². The Balaban J connectivity index is 1.84. The lowest BCUT2D eigenvalue weighted by Gasteiger charge is -2.31. The van der Waals surface area contributed by atoms with Gasteiger partial charge in [-0.05, 0) is 19.4 Å². The van der Waals surface area contributed by atoms with Gasteiger partial charge < -0.3 is 9.64 Å². The van der Waals surface area contributed by atoms with Gasteiger partial charge in [0.1, 0.15) is 5.15 Å². The van der Waals surface area contributed by atoms with Gasteiger partial charge in [0.2, 0.25) is 0 Å². The molecule has 2 aromatic rings. The first kappa shape index (κ1) is 16.0. The molecule has 6 heteroatoms. The zero-order valence-corrected chi connectivity index (χ0v) is 14.1. The predicted molar refractivity (Wildman–Crippen MR) is 88.8 cm³/mol. The molecule has 1 aromatic heterocycles. The van der Waals surface area contributed by atoms with Crippen molar-refractivity contribution in [1.82, 2.24) is 14.7 Å². The molecule has 1 saturated heterocycles. The third-order valence-corrected chi connectivity index (χ3v) is 4.37. The quantitative estimate of drug-likeness (QED) is 0.867. The number of rotatable bonds is 3. The Morgan fingerprint density at radius 1 is 1.39 bits per heavy atom. The van der Waals surface area contributed by atoms with Crippen molar-refractivity contribution in [2.45, 2.75) is 26.5 Å². The van der Waals surface area contributed by atoms with E-state index in [9.17, 15) is 4.79 Å². The zero-order valence-electron chi connectivity index (χ0n) is 13.3. The second-order valence-electron chi connectivity index (χ2n) is 5.83. The number of hydrogen-bond acceptors (Lipinski definition) is 3. The number of aryl methyl sites for hydroxylation is 1. The molecule has 23 heavy (non-hydrogen) atoms. The Morgan fingerprint density at radius 2 is 2.13 bits per heavy atom. The first-order valence-electron chi connectivity index (χ1n) is 7.74. The summed E-state index contributed by atoms with van der Waals surface area (Å²) in [6.07, 6.45) is 0.0474. The first-order chi connectivity index (χ1) is 11.1. The molecule has 1 aliphatic rings. The lowest BCUT2D eigenvalue weighted by atomic mass is 10.2. The molecular weight excluding hydrogens is 314 g/mol. The maximum atomic E-state index is 12.8. The second-order valence-corrected chi connectivity index (χ2v) is 6.19. The standard InChI is InChI=1S/C17H20ClN3O2/c1-12-10-20(8-9-23-12)17(22)15-13(2)19-21(16(15)18)11-14-6-4-3-5-7-14/h3-7,12H,8-11H2,1-2H3/t12-/m1/s1. The molecule has 5 nitrogen and oxygen atoms in total. The highest BCUT2D eigenvalue weighted by atomic mass is 35.5. The normalized spacial score (nSPS) is 18.2. The summed E-state index contributed by atoms with van der Waals surface area (Å²) in [6, 6.07) is 9.94. The third-order valence-electron chi connectivity index (χ3n) is 3.98. The zero-order chi connectivity index (χ0) is 16.4. The molecule has 0 spiro atoms. The molecule has 3 rings (SSSR count). The van der Waals surface area contributed by atoms with Gasteiger partial charge in [0, 0.05) is 13.1 Å². The molecule has 0 bridgehead atoms. The van der Waals surface area contributed by atoms with Gasteiger partial charge in [0.15, 0.2) is 0 Å². The van der Waals surface area contributed by atoms with Gasteiger partial charge in [0.05, 0.1) is 30.5 Å². The number of nitrogens with zero attached hydrogens (tertiary/aromatic N) is 3. The second kappa shape index (κ2) is 6.72. The van der Waals surface area contributed by atoms with Crippen LogP contribution in [0.5, 0.6) is 0 Å². The number of amides is 1. The van der Waals surface area contributed by atoms with Gasteiger partial charge in [-0.25, -0.2) is 4.68 Å². The Bertz CT molecular complexity index is 699. The molecule has 0 radical (unpaired) electrons. The van der Waals surface area contributed by atoms with Crippen molar-refractivity contribution in [2.24, 2.45) is 0 Å². The van der Waals surface area contributed by atoms with E-state index < -0.39 is 0 Å². The maximum absolute atomic E-state index is 12.8. The van der Waals surface area contributed by atoms with E-state index in [0.29, 0.717) is 42.7 Å². The molecule has 1 aromatic carbocycles. The molecule has 1 fully saturated rings. The monoisotopic (exact) mass is 333 g/mol.